The number of hydrogen-bond donors (Lipinski definition) is 2. The molecule has 19 heavy (non-hydrogen) atoms. The predicted molar refractivity (Wildman–Crippen MR) is 74.7 cm³/mol. The van der Waals surface area contributed by atoms with E-state index >= 15 is 0 Å². The quantitative estimate of drug-likeness (QED) is 0.544. The Hall–Kier alpha value is -2.56. The van der Waals surface area contributed by atoms with Crippen molar-refractivity contribution in [2.24, 2.45) is 0 Å². The number of aromatic nitrogens is 3. The van der Waals surface area contributed by atoms with Gasteiger partial charge in [-0.15, -0.1) is 0 Å². The minimum Gasteiger partial charge on any atom is -0.506 e. The number of rotatable bonds is 2. The highest BCUT2D eigenvalue weighted by Gasteiger charge is 2.12. The van der Waals surface area contributed by atoms with Gasteiger partial charge in [0.15, 0.2) is 5.65 Å². The molecule has 0 saturated carbocycles. The number of fused-ring (bicyclic) bond motifs is 1. The first-order chi connectivity index (χ1) is 9.20. The van der Waals surface area contributed by atoms with E-state index in [0.29, 0.717) is 5.69 Å². The summed E-state index contributed by atoms with van der Waals surface area (Å²) < 4.78 is 2.03. The molecule has 0 aliphatic rings. The number of pyridine rings is 1. The molecule has 2 heterocycles. The lowest BCUT2D eigenvalue weighted by Gasteiger charge is -2.06. The van der Waals surface area contributed by atoms with Crippen LogP contribution >= 0.6 is 0 Å². The molecular weight excluding hydrogens is 240 g/mol. The lowest BCUT2D eigenvalue weighted by Crippen LogP contribution is -1.99. The maximum absolute atomic E-state index is 9.49. The lowest BCUT2D eigenvalue weighted by atomic mass is 10.2. The molecule has 3 aromatic rings. The van der Waals surface area contributed by atoms with Gasteiger partial charge in [0.05, 0.1) is 5.69 Å². The van der Waals surface area contributed by atoms with Gasteiger partial charge in [0, 0.05) is 18.3 Å². The van der Waals surface area contributed by atoms with Crippen molar-refractivity contribution in [3.05, 3.63) is 36.5 Å². The number of benzene rings is 1. The maximum Gasteiger partial charge on any atom is 0.160 e. The SMILES string of the molecule is CCn1c(-c2ccc(O)c(N)c2)nc2cccnc21. The van der Waals surface area contributed by atoms with Gasteiger partial charge in [-0.2, -0.15) is 0 Å². The van der Waals surface area contributed by atoms with Crippen LogP contribution in [0.2, 0.25) is 0 Å². The Morgan fingerprint density at radius 3 is 2.89 bits per heavy atom. The second-order valence-electron chi connectivity index (χ2n) is 4.30. The second-order valence-corrected chi connectivity index (χ2v) is 4.30. The highest BCUT2D eigenvalue weighted by Crippen LogP contribution is 2.28. The highest BCUT2D eigenvalue weighted by molar-refractivity contribution is 5.78. The number of imidazole rings is 1. The molecule has 0 saturated heterocycles. The number of nitrogens with two attached hydrogens (primary N) is 1. The summed E-state index contributed by atoms with van der Waals surface area (Å²) >= 11 is 0. The van der Waals surface area contributed by atoms with Gasteiger partial charge in [-0.1, -0.05) is 0 Å². The van der Waals surface area contributed by atoms with Gasteiger partial charge in [-0.25, -0.2) is 9.97 Å². The Kier molecular flexibility index (Phi) is 2.59. The minimum atomic E-state index is 0.0843. The van der Waals surface area contributed by atoms with Crippen molar-refractivity contribution in [1.82, 2.24) is 14.5 Å². The molecule has 0 bridgehead atoms. The maximum atomic E-state index is 9.49. The highest BCUT2D eigenvalue weighted by atomic mass is 16.3. The first kappa shape index (κ1) is 11.5. The van der Waals surface area contributed by atoms with Crippen LogP contribution in [0, 0.1) is 0 Å². The van der Waals surface area contributed by atoms with Crippen molar-refractivity contribution in [1.29, 1.82) is 0 Å². The van der Waals surface area contributed by atoms with Crippen LogP contribution in [0.4, 0.5) is 5.69 Å². The molecule has 0 aliphatic heterocycles. The summed E-state index contributed by atoms with van der Waals surface area (Å²) in [5.41, 5.74) is 8.67. The smallest absolute Gasteiger partial charge is 0.160 e. The van der Waals surface area contributed by atoms with E-state index in [1.165, 1.54) is 0 Å². The Bertz CT molecular complexity index is 748. The first-order valence-corrected chi connectivity index (χ1v) is 6.11. The van der Waals surface area contributed by atoms with Gasteiger partial charge < -0.3 is 15.4 Å². The molecule has 5 nitrogen and oxygen atoms in total. The van der Waals surface area contributed by atoms with Crippen molar-refractivity contribution < 1.29 is 5.11 Å². The van der Waals surface area contributed by atoms with E-state index in [1.807, 2.05) is 23.6 Å². The molecule has 96 valence electrons. The predicted octanol–water partition coefficient (Wildman–Crippen LogP) is 2.41. The van der Waals surface area contributed by atoms with Gasteiger partial charge in [0.25, 0.3) is 0 Å². The van der Waals surface area contributed by atoms with Crippen LogP contribution in [-0.2, 0) is 6.54 Å². The molecular formula is C14H14N4O. The largest absolute Gasteiger partial charge is 0.506 e. The summed E-state index contributed by atoms with van der Waals surface area (Å²) in [4.78, 5) is 8.95. The molecule has 0 amide bonds. The van der Waals surface area contributed by atoms with Crippen LogP contribution in [0.5, 0.6) is 5.75 Å². The van der Waals surface area contributed by atoms with Crippen LogP contribution in [0.15, 0.2) is 36.5 Å². The van der Waals surface area contributed by atoms with Gasteiger partial charge in [0.1, 0.15) is 17.1 Å². The lowest BCUT2D eigenvalue weighted by molar-refractivity contribution is 0.478. The van der Waals surface area contributed by atoms with Crippen molar-refractivity contribution in [2.75, 3.05) is 5.73 Å². The van der Waals surface area contributed by atoms with Gasteiger partial charge >= 0.3 is 0 Å². The Morgan fingerprint density at radius 1 is 1.32 bits per heavy atom. The van der Waals surface area contributed by atoms with Crippen LogP contribution in [0.3, 0.4) is 0 Å². The zero-order valence-electron chi connectivity index (χ0n) is 10.5. The Balaban J connectivity index is 2.26. The van der Waals surface area contributed by atoms with E-state index < -0.39 is 0 Å². The average molecular weight is 254 g/mol. The summed E-state index contributed by atoms with van der Waals surface area (Å²) in [6.07, 6.45) is 1.76. The fraction of sp³-hybridized carbons (Fsp3) is 0.143. The van der Waals surface area contributed by atoms with Gasteiger partial charge in [0.2, 0.25) is 0 Å². The number of nitrogens with zero attached hydrogens (tertiary/aromatic N) is 3. The molecule has 0 aliphatic carbocycles. The van der Waals surface area contributed by atoms with Crippen LogP contribution in [-0.4, -0.2) is 19.6 Å². The molecule has 0 fully saturated rings. The van der Waals surface area contributed by atoms with Crippen molar-refractivity contribution >= 4 is 16.9 Å². The summed E-state index contributed by atoms with van der Waals surface area (Å²) in [5, 5.41) is 9.49. The number of nitrogen functional groups attached to an aromatic ring is 1. The van der Waals surface area contributed by atoms with E-state index in [4.69, 9.17) is 5.73 Å². The fourth-order valence-corrected chi connectivity index (χ4v) is 2.17. The van der Waals surface area contributed by atoms with Crippen LogP contribution in [0.1, 0.15) is 6.92 Å². The van der Waals surface area contributed by atoms with E-state index in [-0.39, 0.29) is 5.75 Å². The van der Waals surface area contributed by atoms with E-state index in [1.54, 1.807) is 24.4 Å². The molecule has 2 aromatic heterocycles. The van der Waals surface area contributed by atoms with Crippen molar-refractivity contribution in [3.8, 4) is 17.1 Å². The standard InChI is InChI=1S/C14H14N4O/c1-2-18-13(9-5-6-12(19)10(15)8-9)17-11-4-3-7-16-14(11)18/h3-8,19H,2,15H2,1H3. The van der Waals surface area contributed by atoms with E-state index in [0.717, 1.165) is 29.1 Å². The summed E-state index contributed by atoms with van der Waals surface area (Å²) in [5.74, 6) is 0.893. The summed E-state index contributed by atoms with van der Waals surface area (Å²) in [6, 6.07) is 8.91. The van der Waals surface area contributed by atoms with E-state index in [9.17, 15) is 5.11 Å². The Labute approximate surface area is 110 Å². The van der Waals surface area contributed by atoms with Crippen molar-refractivity contribution in [3.63, 3.8) is 0 Å². The third-order valence-corrected chi connectivity index (χ3v) is 3.11. The van der Waals surface area contributed by atoms with Gasteiger partial charge in [-0.3, -0.25) is 0 Å². The van der Waals surface area contributed by atoms with Crippen LogP contribution < -0.4 is 5.73 Å². The Morgan fingerprint density at radius 2 is 2.16 bits per heavy atom. The summed E-state index contributed by atoms with van der Waals surface area (Å²) in [6.45, 7) is 2.81. The monoisotopic (exact) mass is 254 g/mol. The first-order valence-electron chi connectivity index (χ1n) is 6.11. The normalized spacial score (nSPS) is 11.0. The summed E-state index contributed by atoms with van der Waals surface area (Å²) in [7, 11) is 0. The van der Waals surface area contributed by atoms with Crippen molar-refractivity contribution in [2.45, 2.75) is 13.5 Å². The molecule has 0 radical (unpaired) electrons. The molecule has 0 spiro atoms. The number of anilines is 1. The van der Waals surface area contributed by atoms with E-state index in [2.05, 4.69) is 9.97 Å². The topological polar surface area (TPSA) is 77.0 Å². The molecule has 0 atom stereocenters. The number of aromatic hydroxyl groups is 1. The number of phenols is 1. The molecule has 0 unspecified atom stereocenters. The zero-order chi connectivity index (χ0) is 13.4. The number of hydrogen-bond acceptors (Lipinski definition) is 4. The number of phenolic OH excluding ortho intramolecular Hbond substituents is 1. The minimum absolute atomic E-state index is 0.0843. The van der Waals surface area contributed by atoms with Gasteiger partial charge in [-0.05, 0) is 37.3 Å². The second kappa shape index (κ2) is 4.28. The number of aryl methyl sites for hydroxylation is 1. The third kappa shape index (κ3) is 1.79. The molecule has 1 aromatic carbocycles. The average Bonchev–Trinajstić information content (AvgIpc) is 2.80. The fourth-order valence-electron chi connectivity index (χ4n) is 2.17. The van der Waals surface area contributed by atoms with Crippen LogP contribution in [0.25, 0.3) is 22.6 Å². The zero-order valence-corrected chi connectivity index (χ0v) is 10.5. The molecule has 3 N–H and O–H groups in total. The molecule has 5 heteroatoms. The molecule has 3 rings (SSSR count). The third-order valence-electron chi connectivity index (χ3n) is 3.11.